The van der Waals surface area contributed by atoms with E-state index < -0.39 is 17.8 Å². The van der Waals surface area contributed by atoms with Crippen molar-refractivity contribution in [3.05, 3.63) is 106 Å². The number of aliphatic hydroxyl groups excluding tert-OH is 1. The SMILES string of the molecule is O=C(O)Cc1c(C(=O)N2CCC(CO)(c3ccccc3)CC2)nn(-c2ccccc2Cl)c1-c1ccc(Cl)cc1. The second kappa shape index (κ2) is 11.2. The molecule has 1 aliphatic heterocycles. The molecule has 1 fully saturated rings. The van der Waals surface area contributed by atoms with Crippen LogP contribution in [-0.2, 0) is 16.6 Å². The number of aliphatic carboxylic acids is 1. The summed E-state index contributed by atoms with van der Waals surface area (Å²) in [5.41, 5.74) is 2.62. The molecule has 1 amide bonds. The van der Waals surface area contributed by atoms with Crippen molar-refractivity contribution in [3.63, 3.8) is 0 Å². The van der Waals surface area contributed by atoms with Gasteiger partial charge in [0.25, 0.3) is 5.91 Å². The highest BCUT2D eigenvalue weighted by molar-refractivity contribution is 6.32. The van der Waals surface area contributed by atoms with Crippen LogP contribution in [0.5, 0.6) is 0 Å². The summed E-state index contributed by atoms with van der Waals surface area (Å²) in [6.07, 6.45) is 0.744. The van der Waals surface area contributed by atoms with E-state index in [1.807, 2.05) is 30.3 Å². The van der Waals surface area contributed by atoms with Gasteiger partial charge in [-0.2, -0.15) is 5.10 Å². The normalized spacial score (nSPS) is 14.8. The van der Waals surface area contributed by atoms with Crippen LogP contribution in [-0.4, -0.2) is 56.5 Å². The van der Waals surface area contributed by atoms with Crippen LogP contribution < -0.4 is 0 Å². The summed E-state index contributed by atoms with van der Waals surface area (Å²) in [4.78, 5) is 27.6. The van der Waals surface area contributed by atoms with Gasteiger partial charge in [0.15, 0.2) is 5.69 Å². The van der Waals surface area contributed by atoms with Crippen molar-refractivity contribution in [3.8, 4) is 16.9 Å². The molecule has 9 heteroatoms. The highest BCUT2D eigenvalue weighted by Gasteiger charge is 2.38. The zero-order valence-corrected chi connectivity index (χ0v) is 22.6. The van der Waals surface area contributed by atoms with E-state index >= 15 is 0 Å². The molecular formula is C30H27Cl2N3O4. The second-order valence-electron chi connectivity index (χ2n) is 9.71. The van der Waals surface area contributed by atoms with E-state index in [9.17, 15) is 19.8 Å². The number of aromatic nitrogens is 2. The number of carboxylic acid groups (broad SMARTS) is 1. The lowest BCUT2D eigenvalue weighted by Gasteiger charge is -2.41. The van der Waals surface area contributed by atoms with Crippen molar-refractivity contribution in [2.24, 2.45) is 0 Å². The van der Waals surface area contributed by atoms with Crippen molar-refractivity contribution in [2.75, 3.05) is 19.7 Å². The number of hydrogen-bond acceptors (Lipinski definition) is 4. The molecule has 1 saturated heterocycles. The Morgan fingerprint density at radius 2 is 1.54 bits per heavy atom. The van der Waals surface area contributed by atoms with E-state index in [2.05, 4.69) is 5.10 Å². The lowest BCUT2D eigenvalue weighted by Crippen LogP contribution is -2.47. The molecule has 2 heterocycles. The van der Waals surface area contributed by atoms with Gasteiger partial charge in [-0.1, -0.05) is 77.8 Å². The molecule has 1 aliphatic rings. The predicted octanol–water partition coefficient (Wildman–Crippen LogP) is 5.64. The third-order valence-corrected chi connectivity index (χ3v) is 7.98. The second-order valence-corrected chi connectivity index (χ2v) is 10.6. The Balaban J connectivity index is 1.57. The van der Waals surface area contributed by atoms with Crippen LogP contribution in [0, 0.1) is 0 Å². The minimum absolute atomic E-state index is 0.0227. The number of benzene rings is 3. The minimum Gasteiger partial charge on any atom is -0.481 e. The van der Waals surface area contributed by atoms with Gasteiger partial charge in [-0.15, -0.1) is 0 Å². The maximum Gasteiger partial charge on any atom is 0.307 e. The van der Waals surface area contributed by atoms with Gasteiger partial charge < -0.3 is 15.1 Å². The van der Waals surface area contributed by atoms with Crippen LogP contribution in [0.4, 0.5) is 0 Å². The van der Waals surface area contributed by atoms with Crippen LogP contribution in [0.1, 0.15) is 34.5 Å². The van der Waals surface area contributed by atoms with Gasteiger partial charge in [-0.25, -0.2) is 4.68 Å². The number of nitrogens with zero attached hydrogens (tertiary/aromatic N) is 3. The molecule has 0 atom stereocenters. The first-order chi connectivity index (χ1) is 18.8. The molecular weight excluding hydrogens is 537 g/mol. The molecule has 0 bridgehead atoms. The van der Waals surface area contributed by atoms with Gasteiger partial charge in [0.2, 0.25) is 0 Å². The Hall–Kier alpha value is -3.65. The molecule has 1 aromatic heterocycles. The molecule has 0 saturated carbocycles. The summed E-state index contributed by atoms with van der Waals surface area (Å²) >= 11 is 12.7. The standard InChI is InChI=1S/C30H27Cl2N3O4/c31-22-12-10-20(11-13-22)28-23(18-26(37)38)27(33-35(28)25-9-5-4-8-24(25)32)29(39)34-16-14-30(19-36,15-17-34)21-6-2-1-3-7-21/h1-13,36H,14-19H2,(H,37,38). The molecule has 0 unspecified atom stereocenters. The number of amides is 1. The highest BCUT2D eigenvalue weighted by atomic mass is 35.5. The Bertz CT molecular complexity index is 1490. The van der Waals surface area contributed by atoms with Crippen LogP contribution in [0.15, 0.2) is 78.9 Å². The van der Waals surface area contributed by atoms with Gasteiger partial charge in [-0.3, -0.25) is 9.59 Å². The molecule has 7 nitrogen and oxygen atoms in total. The number of carbonyl (C=O) groups excluding carboxylic acids is 1. The number of piperidine rings is 1. The zero-order valence-electron chi connectivity index (χ0n) is 21.1. The monoisotopic (exact) mass is 563 g/mol. The first-order valence-electron chi connectivity index (χ1n) is 12.6. The number of halogens is 2. The summed E-state index contributed by atoms with van der Waals surface area (Å²) in [6.45, 7) is 0.775. The minimum atomic E-state index is -1.08. The van der Waals surface area contributed by atoms with Gasteiger partial charge in [0, 0.05) is 34.7 Å². The van der Waals surface area contributed by atoms with Gasteiger partial charge >= 0.3 is 5.97 Å². The summed E-state index contributed by atoms with van der Waals surface area (Å²) in [6, 6.07) is 23.8. The Morgan fingerprint density at radius 3 is 2.15 bits per heavy atom. The van der Waals surface area contributed by atoms with Crippen LogP contribution in [0.25, 0.3) is 16.9 Å². The van der Waals surface area contributed by atoms with Crippen molar-refractivity contribution < 1.29 is 19.8 Å². The fourth-order valence-corrected chi connectivity index (χ4v) is 5.60. The van der Waals surface area contributed by atoms with Crippen LogP contribution in [0.3, 0.4) is 0 Å². The first kappa shape index (κ1) is 26.9. The van der Waals surface area contributed by atoms with E-state index in [1.54, 1.807) is 58.1 Å². The predicted molar refractivity (Wildman–Crippen MR) is 151 cm³/mol. The Kier molecular flexibility index (Phi) is 7.75. The summed E-state index contributed by atoms with van der Waals surface area (Å²) < 4.78 is 1.54. The Morgan fingerprint density at radius 1 is 0.897 bits per heavy atom. The lowest BCUT2D eigenvalue weighted by molar-refractivity contribution is -0.136. The van der Waals surface area contributed by atoms with E-state index in [-0.39, 0.29) is 18.2 Å². The molecule has 0 radical (unpaired) electrons. The molecule has 3 aromatic carbocycles. The van der Waals surface area contributed by atoms with E-state index in [4.69, 9.17) is 23.2 Å². The molecule has 2 N–H and O–H groups in total. The van der Waals surface area contributed by atoms with Gasteiger partial charge in [-0.05, 0) is 42.7 Å². The molecule has 200 valence electrons. The van der Waals surface area contributed by atoms with E-state index in [0.717, 1.165) is 5.56 Å². The average Bonchev–Trinajstić information content (AvgIpc) is 3.32. The summed E-state index contributed by atoms with van der Waals surface area (Å²) in [5.74, 6) is -1.44. The largest absolute Gasteiger partial charge is 0.481 e. The zero-order chi connectivity index (χ0) is 27.6. The third-order valence-electron chi connectivity index (χ3n) is 7.41. The van der Waals surface area contributed by atoms with Gasteiger partial charge in [0.1, 0.15) is 0 Å². The lowest BCUT2D eigenvalue weighted by atomic mass is 9.73. The fraction of sp³-hybridized carbons (Fsp3) is 0.233. The Labute approximate surface area is 236 Å². The first-order valence-corrected chi connectivity index (χ1v) is 13.4. The molecule has 0 spiro atoms. The van der Waals surface area contributed by atoms with Crippen molar-refractivity contribution in [1.82, 2.24) is 14.7 Å². The molecule has 0 aliphatic carbocycles. The average molecular weight is 564 g/mol. The number of aliphatic hydroxyl groups is 1. The van der Waals surface area contributed by atoms with Crippen molar-refractivity contribution in [2.45, 2.75) is 24.7 Å². The topological polar surface area (TPSA) is 95.7 Å². The van der Waals surface area contributed by atoms with Gasteiger partial charge in [0.05, 0.1) is 29.4 Å². The maximum absolute atomic E-state index is 13.9. The smallest absolute Gasteiger partial charge is 0.307 e. The number of carbonyl (C=O) groups is 2. The quantitative estimate of drug-likeness (QED) is 0.303. The molecule has 4 aromatic rings. The number of carboxylic acids is 1. The number of likely N-dealkylation sites (tertiary alicyclic amines) is 1. The third kappa shape index (κ3) is 5.30. The van der Waals surface area contributed by atoms with E-state index in [0.29, 0.717) is 58.5 Å². The molecule has 5 rings (SSSR count). The highest BCUT2D eigenvalue weighted by Crippen LogP contribution is 2.37. The number of para-hydroxylation sites is 1. The summed E-state index contributed by atoms with van der Waals surface area (Å²) in [5, 5.41) is 25.7. The van der Waals surface area contributed by atoms with Crippen molar-refractivity contribution in [1.29, 1.82) is 0 Å². The van der Waals surface area contributed by atoms with Crippen LogP contribution in [0.2, 0.25) is 10.0 Å². The van der Waals surface area contributed by atoms with E-state index in [1.165, 1.54) is 0 Å². The summed E-state index contributed by atoms with van der Waals surface area (Å²) in [7, 11) is 0. The van der Waals surface area contributed by atoms with Crippen molar-refractivity contribution >= 4 is 35.1 Å². The maximum atomic E-state index is 13.9. The number of rotatable bonds is 7. The fourth-order valence-electron chi connectivity index (χ4n) is 5.26. The van der Waals surface area contributed by atoms with Crippen LogP contribution >= 0.6 is 23.2 Å². The number of hydrogen-bond donors (Lipinski definition) is 2. The molecule has 39 heavy (non-hydrogen) atoms.